The third kappa shape index (κ3) is 3.08. The molecular weight excluding hydrogens is 234 g/mol. The summed E-state index contributed by atoms with van der Waals surface area (Å²) in [4.78, 5) is 13.8. The number of carbonyl (C=O) groups excluding carboxylic acids is 1. The lowest BCUT2D eigenvalue weighted by Crippen LogP contribution is -2.29. The maximum atomic E-state index is 11.8. The van der Waals surface area contributed by atoms with Crippen molar-refractivity contribution < 1.29 is 4.79 Å². The molecule has 0 heterocycles. The van der Waals surface area contributed by atoms with Crippen LogP contribution in [0.2, 0.25) is 5.02 Å². The quantitative estimate of drug-likeness (QED) is 0.800. The Labute approximate surface area is 108 Å². The molecule has 1 fully saturated rings. The van der Waals surface area contributed by atoms with Gasteiger partial charge in [-0.3, -0.25) is 9.69 Å². The lowest BCUT2D eigenvalue weighted by atomic mass is 10.1. The molecule has 2 nitrogen and oxygen atoms in total. The summed E-state index contributed by atoms with van der Waals surface area (Å²) in [5, 5.41) is 0.769. The zero-order chi connectivity index (χ0) is 12.4. The number of hydrogen-bond donors (Lipinski definition) is 0. The normalized spacial score (nSPS) is 17.2. The first-order valence-corrected chi connectivity index (χ1v) is 6.44. The smallest absolute Gasteiger partial charge is 0.149 e. The summed E-state index contributed by atoms with van der Waals surface area (Å²) in [7, 11) is 1.98. The summed E-state index contributed by atoms with van der Waals surface area (Å²) in [6, 6.07) is 7.99. The van der Waals surface area contributed by atoms with Crippen LogP contribution < -0.4 is 0 Å². The second-order valence-electron chi connectivity index (χ2n) is 4.85. The Morgan fingerprint density at radius 3 is 2.71 bits per heavy atom. The van der Waals surface area contributed by atoms with Gasteiger partial charge in [0.05, 0.1) is 6.54 Å². The Balaban J connectivity index is 2.01. The molecule has 92 valence electrons. The third-order valence-electron chi connectivity index (χ3n) is 3.45. The van der Waals surface area contributed by atoms with Crippen molar-refractivity contribution in [2.45, 2.75) is 25.8 Å². The van der Waals surface area contributed by atoms with E-state index < -0.39 is 0 Å². The van der Waals surface area contributed by atoms with Gasteiger partial charge in [0.2, 0.25) is 0 Å². The summed E-state index contributed by atoms with van der Waals surface area (Å²) in [6.07, 6.45) is 2.15. The van der Waals surface area contributed by atoms with Gasteiger partial charge in [-0.25, -0.2) is 0 Å². The number of halogens is 1. The Kier molecular flexibility index (Phi) is 3.85. The van der Waals surface area contributed by atoms with Crippen LogP contribution in [-0.2, 0) is 4.79 Å². The van der Waals surface area contributed by atoms with Crippen molar-refractivity contribution in [3.63, 3.8) is 0 Å². The van der Waals surface area contributed by atoms with Crippen LogP contribution in [-0.4, -0.2) is 24.3 Å². The molecule has 0 aliphatic heterocycles. The van der Waals surface area contributed by atoms with E-state index in [2.05, 4.69) is 11.8 Å². The molecule has 2 rings (SSSR count). The summed E-state index contributed by atoms with van der Waals surface area (Å²) >= 11 is 6.16. The molecule has 0 aromatic heterocycles. The van der Waals surface area contributed by atoms with Gasteiger partial charge in [0, 0.05) is 17.0 Å². The number of carbonyl (C=O) groups is 1. The number of rotatable bonds is 5. The minimum atomic E-state index is 0.173. The van der Waals surface area contributed by atoms with Gasteiger partial charge in [0.25, 0.3) is 0 Å². The fourth-order valence-electron chi connectivity index (χ4n) is 1.97. The Morgan fingerprint density at radius 2 is 2.12 bits per heavy atom. The molecule has 17 heavy (non-hydrogen) atoms. The van der Waals surface area contributed by atoms with Crippen molar-refractivity contribution in [2.75, 3.05) is 13.6 Å². The fourth-order valence-corrected chi connectivity index (χ4v) is 2.26. The molecule has 1 aromatic carbocycles. The number of likely N-dealkylation sites (N-methyl/N-ethyl adjacent to an activating group) is 1. The van der Waals surface area contributed by atoms with Crippen molar-refractivity contribution in [1.29, 1.82) is 0 Å². The summed E-state index contributed by atoms with van der Waals surface area (Å²) in [5.74, 6) is 0.697. The van der Waals surface area contributed by atoms with Crippen LogP contribution in [0.25, 0.3) is 0 Å². The van der Waals surface area contributed by atoms with Crippen LogP contribution in [0.4, 0.5) is 0 Å². The van der Waals surface area contributed by atoms with Crippen LogP contribution in [0.1, 0.15) is 31.4 Å². The van der Waals surface area contributed by atoms with Crippen molar-refractivity contribution in [2.24, 2.45) is 5.92 Å². The molecule has 1 aliphatic carbocycles. The monoisotopic (exact) mass is 251 g/mol. The first-order chi connectivity index (χ1) is 8.09. The highest BCUT2D eigenvalue weighted by atomic mass is 35.5. The van der Waals surface area contributed by atoms with Gasteiger partial charge < -0.3 is 0 Å². The van der Waals surface area contributed by atoms with Gasteiger partial charge >= 0.3 is 0 Å². The second-order valence-corrected chi connectivity index (χ2v) is 5.26. The van der Waals surface area contributed by atoms with Gasteiger partial charge in [0.15, 0.2) is 0 Å². The van der Waals surface area contributed by atoms with Gasteiger partial charge in [-0.1, -0.05) is 29.8 Å². The number of nitrogens with zero attached hydrogens (tertiary/aromatic N) is 1. The maximum absolute atomic E-state index is 11.8. The largest absolute Gasteiger partial charge is 0.298 e. The molecule has 1 unspecified atom stereocenters. The van der Waals surface area contributed by atoms with Gasteiger partial charge in [0.1, 0.15) is 5.78 Å². The van der Waals surface area contributed by atoms with Crippen LogP contribution in [0.15, 0.2) is 24.3 Å². The molecule has 0 saturated heterocycles. The van der Waals surface area contributed by atoms with Gasteiger partial charge in [-0.05, 0) is 38.4 Å². The number of ketones is 1. The minimum absolute atomic E-state index is 0.173. The number of Topliss-reactive ketones (excluding diaryl/α,β-unsaturated/α-hetero) is 1. The Morgan fingerprint density at radius 1 is 1.47 bits per heavy atom. The summed E-state index contributed by atoms with van der Waals surface area (Å²) < 4.78 is 0. The minimum Gasteiger partial charge on any atom is -0.298 e. The van der Waals surface area contributed by atoms with Gasteiger partial charge in [-0.15, -0.1) is 0 Å². The first-order valence-electron chi connectivity index (χ1n) is 6.07. The molecular formula is C14H18ClNO. The van der Waals surface area contributed by atoms with Crippen LogP contribution >= 0.6 is 11.6 Å². The zero-order valence-electron chi connectivity index (χ0n) is 10.3. The van der Waals surface area contributed by atoms with Crippen LogP contribution in [0.3, 0.4) is 0 Å². The van der Waals surface area contributed by atoms with E-state index in [-0.39, 0.29) is 6.04 Å². The van der Waals surface area contributed by atoms with Crippen LogP contribution in [0.5, 0.6) is 0 Å². The molecule has 1 saturated carbocycles. The summed E-state index contributed by atoms with van der Waals surface area (Å²) in [6.45, 7) is 2.61. The van der Waals surface area contributed by atoms with E-state index >= 15 is 0 Å². The number of benzene rings is 1. The second kappa shape index (κ2) is 5.19. The van der Waals surface area contributed by atoms with E-state index in [4.69, 9.17) is 11.6 Å². The molecule has 0 amide bonds. The van der Waals surface area contributed by atoms with E-state index in [9.17, 15) is 4.79 Å². The average molecular weight is 252 g/mol. The SMILES string of the molecule is CC(c1ccccc1Cl)N(C)CC(=O)C1CC1. The van der Waals surface area contributed by atoms with Crippen LogP contribution in [0, 0.1) is 5.92 Å². The molecule has 1 aromatic rings. The number of hydrogen-bond acceptors (Lipinski definition) is 2. The standard InChI is InChI=1S/C14H18ClNO/c1-10(12-5-3-4-6-13(12)15)16(2)9-14(17)11-7-8-11/h3-6,10-11H,7-9H2,1-2H3. The molecule has 1 aliphatic rings. The topological polar surface area (TPSA) is 20.3 Å². The molecule has 0 radical (unpaired) electrons. The highest BCUT2D eigenvalue weighted by Gasteiger charge is 2.30. The van der Waals surface area contributed by atoms with E-state index in [0.29, 0.717) is 18.2 Å². The molecule has 0 N–H and O–H groups in total. The molecule has 0 bridgehead atoms. The molecule has 1 atom stereocenters. The first kappa shape index (κ1) is 12.6. The highest BCUT2D eigenvalue weighted by molar-refractivity contribution is 6.31. The fraction of sp³-hybridized carbons (Fsp3) is 0.500. The molecule has 3 heteroatoms. The predicted molar refractivity (Wildman–Crippen MR) is 70.2 cm³/mol. The van der Waals surface area contributed by atoms with Crippen molar-refractivity contribution >= 4 is 17.4 Å². The molecule has 0 spiro atoms. The highest BCUT2D eigenvalue weighted by Crippen LogP contribution is 2.31. The van der Waals surface area contributed by atoms with E-state index in [0.717, 1.165) is 23.4 Å². The van der Waals surface area contributed by atoms with Crippen molar-refractivity contribution in [3.8, 4) is 0 Å². The summed E-state index contributed by atoms with van der Waals surface area (Å²) in [5.41, 5.74) is 1.08. The lowest BCUT2D eigenvalue weighted by Gasteiger charge is -2.25. The van der Waals surface area contributed by atoms with E-state index in [1.54, 1.807) is 0 Å². The average Bonchev–Trinajstić information content (AvgIpc) is 3.12. The Bertz CT molecular complexity index is 414. The Hall–Kier alpha value is -0.860. The van der Waals surface area contributed by atoms with Crippen molar-refractivity contribution in [1.82, 2.24) is 4.90 Å². The van der Waals surface area contributed by atoms with E-state index in [1.807, 2.05) is 31.3 Å². The third-order valence-corrected chi connectivity index (χ3v) is 3.80. The van der Waals surface area contributed by atoms with Crippen molar-refractivity contribution in [3.05, 3.63) is 34.9 Å². The van der Waals surface area contributed by atoms with E-state index in [1.165, 1.54) is 0 Å². The van der Waals surface area contributed by atoms with Gasteiger partial charge in [-0.2, -0.15) is 0 Å². The lowest BCUT2D eigenvalue weighted by molar-refractivity contribution is -0.121. The zero-order valence-corrected chi connectivity index (χ0v) is 11.1. The predicted octanol–water partition coefficient (Wildman–Crippen LogP) is 3.31. The maximum Gasteiger partial charge on any atom is 0.149 e.